The molecule has 8 N–H and O–H groups in total. The van der Waals surface area contributed by atoms with Crippen molar-refractivity contribution in [1.29, 1.82) is 0 Å². The van der Waals surface area contributed by atoms with Gasteiger partial charge in [-0.1, -0.05) is 0 Å². The molecule has 0 aromatic rings. The van der Waals surface area contributed by atoms with Gasteiger partial charge in [-0.2, -0.15) is 0 Å². The summed E-state index contributed by atoms with van der Waals surface area (Å²) in [6, 6.07) is 0. The van der Waals surface area contributed by atoms with Crippen LogP contribution in [0.25, 0.3) is 0 Å². The third-order valence-electron chi connectivity index (χ3n) is 0.385. The molecule has 128 valence electrons. The Hall–Kier alpha value is 0.440. The molecule has 0 saturated heterocycles. The number of hydrogen-bond acceptors (Lipinski definition) is 8. The molecule has 0 bridgehead atoms. The molecule has 0 aliphatic heterocycles. The van der Waals surface area contributed by atoms with E-state index in [0.29, 0.717) is 25.1 Å². The van der Waals surface area contributed by atoms with Crippen molar-refractivity contribution >= 4 is 93.1 Å². The molecule has 0 spiro atoms. The van der Waals surface area contributed by atoms with Gasteiger partial charge in [0.25, 0.3) is 0 Å². The summed E-state index contributed by atoms with van der Waals surface area (Å²) in [7, 11) is 0. The first-order valence-corrected chi connectivity index (χ1v) is 4.21. The topological polar surface area (TPSA) is 172 Å². The number of aldehydes is 4. The van der Waals surface area contributed by atoms with Crippen LogP contribution in [0.4, 0.5) is 0 Å². The Morgan fingerprint density at radius 2 is 0.500 bits per heavy atom. The minimum Gasteiger partial charge on any atom is -0.324 e. The summed E-state index contributed by atoms with van der Waals surface area (Å²) in [6.45, 7) is 0.556. The predicted molar refractivity (Wildman–Crippen MR) is 102 cm³/mol. The minimum absolute atomic E-state index is 0. The summed E-state index contributed by atoms with van der Waals surface area (Å²) < 4.78 is 0. The van der Waals surface area contributed by atoms with E-state index in [1.54, 1.807) is 0 Å². The summed E-state index contributed by atoms with van der Waals surface area (Å²) in [5, 5.41) is 0. The van der Waals surface area contributed by atoms with Crippen LogP contribution >= 0.6 is 67.9 Å². The fourth-order valence-corrected chi connectivity index (χ4v) is 0. The van der Waals surface area contributed by atoms with Crippen LogP contribution in [0.2, 0.25) is 0 Å². The monoisotopic (exact) mass is 556 g/mol. The SMILES string of the molecule is Br.Br.Br.Br.NCC=O.NCC=O.NCC=O.NCC=O. The maximum atomic E-state index is 9.05. The van der Waals surface area contributed by atoms with Crippen molar-refractivity contribution in [1.82, 2.24) is 0 Å². The molecule has 0 aromatic heterocycles. The third-order valence-corrected chi connectivity index (χ3v) is 0.385. The Labute approximate surface area is 160 Å². The highest BCUT2D eigenvalue weighted by atomic mass is 79.9. The fraction of sp³-hybridized carbons (Fsp3) is 0.500. The van der Waals surface area contributed by atoms with E-state index in [4.69, 9.17) is 19.2 Å². The van der Waals surface area contributed by atoms with Crippen LogP contribution in [0.15, 0.2) is 0 Å². The highest BCUT2D eigenvalue weighted by Gasteiger charge is 1.52. The van der Waals surface area contributed by atoms with Crippen molar-refractivity contribution in [2.45, 2.75) is 0 Å². The van der Waals surface area contributed by atoms with Gasteiger partial charge in [-0.25, -0.2) is 0 Å². The quantitative estimate of drug-likeness (QED) is 0.314. The van der Waals surface area contributed by atoms with E-state index in [0.717, 1.165) is 0 Å². The molecule has 0 fully saturated rings. The van der Waals surface area contributed by atoms with Crippen molar-refractivity contribution in [3.05, 3.63) is 0 Å². The lowest BCUT2D eigenvalue weighted by Crippen LogP contribution is -1.97. The Morgan fingerprint density at radius 1 is 0.450 bits per heavy atom. The van der Waals surface area contributed by atoms with Gasteiger partial charge < -0.3 is 42.1 Å². The molecule has 0 aliphatic carbocycles. The van der Waals surface area contributed by atoms with Gasteiger partial charge in [0.05, 0.1) is 0 Å². The molecule has 0 radical (unpaired) electrons. The molecule has 0 aromatic carbocycles. The molecular weight excluding hydrogens is 536 g/mol. The predicted octanol–water partition coefficient (Wildman–Crippen LogP) is -1.11. The first-order valence-electron chi connectivity index (χ1n) is 4.21. The Morgan fingerprint density at radius 3 is 0.500 bits per heavy atom. The van der Waals surface area contributed by atoms with Gasteiger partial charge in [-0.15, -0.1) is 67.9 Å². The van der Waals surface area contributed by atoms with Crippen LogP contribution in [0.1, 0.15) is 0 Å². The Balaban J connectivity index is -0.0000000150. The summed E-state index contributed by atoms with van der Waals surface area (Å²) in [4.78, 5) is 36.2. The standard InChI is InChI=1S/4C2H5NO.4BrH/c4*3-1-2-4;;;;/h4*2H,1,3H2;4*1H. The second-order valence-corrected chi connectivity index (χ2v) is 1.61. The van der Waals surface area contributed by atoms with Crippen molar-refractivity contribution in [2.24, 2.45) is 22.9 Å². The molecular formula is C8H24Br4N4O4. The zero-order valence-corrected chi connectivity index (χ0v) is 17.6. The molecule has 0 aliphatic rings. The lowest BCUT2D eigenvalue weighted by atomic mass is 10.8. The summed E-state index contributed by atoms with van der Waals surface area (Å²) in [5.41, 5.74) is 18.6. The molecule has 0 rings (SSSR count). The van der Waals surface area contributed by atoms with Crippen molar-refractivity contribution < 1.29 is 19.2 Å². The van der Waals surface area contributed by atoms with E-state index in [9.17, 15) is 0 Å². The second-order valence-electron chi connectivity index (χ2n) is 1.61. The van der Waals surface area contributed by atoms with E-state index in [-0.39, 0.29) is 94.1 Å². The fourth-order valence-electron chi connectivity index (χ4n) is 0. The number of nitrogens with two attached hydrogens (primary N) is 4. The highest BCUT2D eigenvalue weighted by Crippen LogP contribution is 1.19. The third kappa shape index (κ3) is 285. The maximum absolute atomic E-state index is 9.05. The molecule has 20 heavy (non-hydrogen) atoms. The van der Waals surface area contributed by atoms with E-state index in [2.05, 4.69) is 22.9 Å². The van der Waals surface area contributed by atoms with Crippen LogP contribution in [0, 0.1) is 0 Å². The first kappa shape index (κ1) is 49.9. The summed E-state index contributed by atoms with van der Waals surface area (Å²) in [5.74, 6) is 0. The van der Waals surface area contributed by atoms with E-state index < -0.39 is 0 Å². The van der Waals surface area contributed by atoms with Gasteiger partial charge in [0, 0.05) is 26.2 Å². The number of hydrogen-bond donors (Lipinski definition) is 4. The number of rotatable bonds is 4. The maximum Gasteiger partial charge on any atom is 0.133 e. The first-order chi connectivity index (χ1) is 7.66. The smallest absolute Gasteiger partial charge is 0.133 e. The van der Waals surface area contributed by atoms with Crippen LogP contribution in [0.3, 0.4) is 0 Å². The van der Waals surface area contributed by atoms with Crippen LogP contribution in [0.5, 0.6) is 0 Å². The lowest BCUT2D eigenvalue weighted by molar-refractivity contribution is -0.107. The van der Waals surface area contributed by atoms with Gasteiger partial charge in [0.2, 0.25) is 0 Å². The largest absolute Gasteiger partial charge is 0.324 e. The average Bonchev–Trinajstić information content (AvgIpc) is 2.39. The van der Waals surface area contributed by atoms with Crippen molar-refractivity contribution in [3.8, 4) is 0 Å². The normalized spacial score (nSPS) is 5.00. The van der Waals surface area contributed by atoms with Gasteiger partial charge in [0.15, 0.2) is 0 Å². The van der Waals surface area contributed by atoms with Gasteiger partial charge in [-0.3, -0.25) is 0 Å². The van der Waals surface area contributed by atoms with Crippen molar-refractivity contribution in [2.75, 3.05) is 26.2 Å². The van der Waals surface area contributed by atoms with E-state index in [1.165, 1.54) is 0 Å². The summed E-state index contributed by atoms with van der Waals surface area (Å²) >= 11 is 0. The zero-order valence-electron chi connectivity index (χ0n) is 10.7. The molecule has 0 amide bonds. The summed E-state index contributed by atoms with van der Waals surface area (Å²) in [6.07, 6.45) is 2.61. The van der Waals surface area contributed by atoms with Crippen LogP contribution in [-0.4, -0.2) is 51.3 Å². The van der Waals surface area contributed by atoms with E-state index in [1.807, 2.05) is 0 Å². The Bertz CT molecular complexity index is 126. The number of carbonyl (C=O) groups is 4. The van der Waals surface area contributed by atoms with Gasteiger partial charge in [-0.05, 0) is 0 Å². The van der Waals surface area contributed by atoms with Gasteiger partial charge >= 0.3 is 0 Å². The van der Waals surface area contributed by atoms with Gasteiger partial charge in [0.1, 0.15) is 25.1 Å². The second kappa shape index (κ2) is 92.8. The van der Waals surface area contributed by atoms with Crippen molar-refractivity contribution in [3.63, 3.8) is 0 Å². The molecule has 0 saturated carbocycles. The number of carbonyl (C=O) groups excluding carboxylic acids is 4. The molecule has 8 nitrogen and oxygen atoms in total. The highest BCUT2D eigenvalue weighted by molar-refractivity contribution is 8.93. The van der Waals surface area contributed by atoms with Crippen LogP contribution in [-0.2, 0) is 19.2 Å². The molecule has 0 unspecified atom stereocenters. The molecule has 0 heterocycles. The van der Waals surface area contributed by atoms with E-state index >= 15 is 0 Å². The van der Waals surface area contributed by atoms with Crippen LogP contribution < -0.4 is 22.9 Å². The lowest BCUT2D eigenvalue weighted by Gasteiger charge is -1.55. The average molecular weight is 560 g/mol. The molecule has 12 heteroatoms. The molecule has 0 atom stereocenters. The zero-order chi connectivity index (χ0) is 13.7. The number of halogens is 4. The Kier molecular flexibility index (Phi) is 232. The minimum atomic E-state index is 0.